The Labute approximate surface area is 95.9 Å². The average molecular weight is 222 g/mol. The van der Waals surface area contributed by atoms with Gasteiger partial charge >= 0.3 is 0 Å². The summed E-state index contributed by atoms with van der Waals surface area (Å²) < 4.78 is 5.25. The molecule has 0 bridgehead atoms. The van der Waals surface area contributed by atoms with Gasteiger partial charge in [0, 0.05) is 18.8 Å². The molecule has 16 heavy (non-hydrogen) atoms. The molecule has 4 nitrogen and oxygen atoms in total. The number of hydrogen-bond donors (Lipinski definition) is 1. The second-order valence-corrected chi connectivity index (χ2v) is 4.55. The van der Waals surface area contributed by atoms with Gasteiger partial charge < -0.3 is 14.7 Å². The highest BCUT2D eigenvalue weighted by Crippen LogP contribution is 2.37. The Morgan fingerprint density at radius 1 is 1.62 bits per heavy atom. The lowest BCUT2D eigenvalue weighted by Gasteiger charge is -2.23. The fourth-order valence-corrected chi connectivity index (χ4v) is 2.35. The highest BCUT2D eigenvalue weighted by molar-refractivity contribution is 5.33. The number of β-amino-alcohol motifs (C(OH)–C–C–N with tert-alkyl or cyclic N) is 1. The molecule has 0 saturated carbocycles. The number of likely N-dealkylation sites (tertiary alicyclic amines) is 1. The average Bonchev–Trinajstić information content (AvgIpc) is 2.54. The third-order valence-corrected chi connectivity index (χ3v) is 3.33. The summed E-state index contributed by atoms with van der Waals surface area (Å²) in [6, 6.07) is 4.01. The van der Waals surface area contributed by atoms with E-state index in [0.29, 0.717) is 30.5 Å². The lowest BCUT2D eigenvalue weighted by Crippen LogP contribution is -2.30. The zero-order chi connectivity index (χ0) is 11.8. The van der Waals surface area contributed by atoms with Crippen LogP contribution in [-0.4, -0.2) is 41.7 Å². The lowest BCUT2D eigenvalue weighted by molar-refractivity contribution is 0.0414. The third kappa shape index (κ3) is 1.79. The number of likely N-dealkylation sites (N-methyl/N-ethyl adjacent to an activating group) is 1. The highest BCUT2D eigenvalue weighted by Gasteiger charge is 2.43. The van der Waals surface area contributed by atoms with Crippen LogP contribution in [0.3, 0.4) is 0 Å². The second-order valence-electron chi connectivity index (χ2n) is 4.55. The van der Waals surface area contributed by atoms with Crippen LogP contribution in [0.1, 0.15) is 19.0 Å². The van der Waals surface area contributed by atoms with Crippen molar-refractivity contribution in [3.63, 3.8) is 0 Å². The summed E-state index contributed by atoms with van der Waals surface area (Å²) in [6.45, 7) is 2.70. The molecule has 88 valence electrons. The molecule has 2 rings (SSSR count). The van der Waals surface area contributed by atoms with Crippen molar-refractivity contribution in [2.24, 2.45) is 0 Å². The van der Waals surface area contributed by atoms with Gasteiger partial charge in [-0.1, -0.05) is 0 Å². The van der Waals surface area contributed by atoms with E-state index in [0.717, 1.165) is 0 Å². The van der Waals surface area contributed by atoms with Crippen molar-refractivity contribution in [3.05, 3.63) is 24.0 Å². The quantitative estimate of drug-likeness (QED) is 0.811. The van der Waals surface area contributed by atoms with Crippen LogP contribution in [-0.2, 0) is 5.60 Å². The predicted molar refractivity (Wildman–Crippen MR) is 61.4 cm³/mol. The predicted octanol–water partition coefficient (Wildman–Crippen LogP) is 1.00. The van der Waals surface area contributed by atoms with Crippen LogP contribution in [0.5, 0.6) is 5.75 Å². The van der Waals surface area contributed by atoms with Gasteiger partial charge in [0.25, 0.3) is 0 Å². The highest BCUT2D eigenvalue weighted by atomic mass is 16.5. The summed E-state index contributed by atoms with van der Waals surface area (Å²) in [5, 5.41) is 10.6. The molecule has 4 heteroatoms. The van der Waals surface area contributed by atoms with Gasteiger partial charge in [-0.3, -0.25) is 4.98 Å². The fourth-order valence-electron chi connectivity index (χ4n) is 2.35. The minimum Gasteiger partial charge on any atom is -0.495 e. The third-order valence-electron chi connectivity index (χ3n) is 3.33. The van der Waals surface area contributed by atoms with Crippen molar-refractivity contribution in [2.75, 3.05) is 20.7 Å². The first-order valence-corrected chi connectivity index (χ1v) is 5.49. The van der Waals surface area contributed by atoms with E-state index in [1.807, 2.05) is 19.2 Å². The molecule has 1 N–H and O–H groups in total. The Bertz CT molecular complexity index is 371. The topological polar surface area (TPSA) is 45.6 Å². The maximum absolute atomic E-state index is 10.6. The largest absolute Gasteiger partial charge is 0.495 e. The zero-order valence-electron chi connectivity index (χ0n) is 9.97. The summed E-state index contributed by atoms with van der Waals surface area (Å²) in [4.78, 5) is 6.40. The van der Waals surface area contributed by atoms with Gasteiger partial charge in [0.15, 0.2) is 0 Å². The van der Waals surface area contributed by atoms with Crippen LogP contribution in [0.15, 0.2) is 18.3 Å². The standard InChI is InChI=1S/C12H18N2O2/c1-9-7-12(15,8-14(9)2)11-10(16-3)5-4-6-13-11/h4-6,9,15H,7-8H2,1-3H3. The summed E-state index contributed by atoms with van der Waals surface area (Å²) in [6.07, 6.45) is 2.38. The van der Waals surface area contributed by atoms with Crippen molar-refractivity contribution in [1.29, 1.82) is 0 Å². The number of pyridine rings is 1. The van der Waals surface area contributed by atoms with Crippen molar-refractivity contribution in [2.45, 2.75) is 25.0 Å². The molecule has 2 atom stereocenters. The maximum Gasteiger partial charge on any atom is 0.143 e. The van der Waals surface area contributed by atoms with Gasteiger partial charge in [-0.05, 0) is 32.5 Å². The summed E-state index contributed by atoms with van der Waals surface area (Å²) in [7, 11) is 3.62. The van der Waals surface area contributed by atoms with E-state index in [9.17, 15) is 5.11 Å². The van der Waals surface area contributed by atoms with Gasteiger partial charge in [-0.2, -0.15) is 0 Å². The van der Waals surface area contributed by atoms with E-state index in [1.165, 1.54) is 0 Å². The van der Waals surface area contributed by atoms with E-state index in [-0.39, 0.29) is 0 Å². The molecule has 1 aliphatic rings. The smallest absolute Gasteiger partial charge is 0.143 e. The fraction of sp³-hybridized carbons (Fsp3) is 0.583. The molecule has 2 unspecified atom stereocenters. The van der Waals surface area contributed by atoms with E-state index in [4.69, 9.17) is 4.74 Å². The summed E-state index contributed by atoms with van der Waals surface area (Å²) >= 11 is 0. The first-order chi connectivity index (χ1) is 7.57. The molecule has 0 aliphatic carbocycles. The van der Waals surface area contributed by atoms with Gasteiger partial charge in [-0.15, -0.1) is 0 Å². The molecule has 2 heterocycles. The minimum absolute atomic E-state index is 0.358. The van der Waals surface area contributed by atoms with Gasteiger partial charge in [0.1, 0.15) is 17.0 Å². The lowest BCUT2D eigenvalue weighted by atomic mass is 9.95. The number of nitrogens with zero attached hydrogens (tertiary/aromatic N) is 2. The molecule has 1 saturated heterocycles. The normalized spacial score (nSPS) is 30.6. The van der Waals surface area contributed by atoms with Crippen LogP contribution in [0.2, 0.25) is 0 Å². The molecule has 0 amide bonds. The minimum atomic E-state index is -0.888. The Balaban J connectivity index is 2.37. The molecule has 0 aromatic carbocycles. The zero-order valence-corrected chi connectivity index (χ0v) is 9.97. The van der Waals surface area contributed by atoms with Crippen molar-refractivity contribution >= 4 is 0 Å². The molecular weight excluding hydrogens is 204 g/mol. The number of hydrogen-bond acceptors (Lipinski definition) is 4. The first-order valence-electron chi connectivity index (χ1n) is 5.49. The Morgan fingerprint density at radius 3 is 2.94 bits per heavy atom. The summed E-state index contributed by atoms with van der Waals surface area (Å²) in [5.74, 6) is 0.660. The monoisotopic (exact) mass is 222 g/mol. The van der Waals surface area contributed by atoms with Crippen LogP contribution < -0.4 is 4.74 Å². The van der Waals surface area contributed by atoms with Gasteiger partial charge in [0.2, 0.25) is 0 Å². The molecule has 1 aromatic rings. The molecule has 1 aliphatic heterocycles. The van der Waals surface area contributed by atoms with Crippen LogP contribution in [0, 0.1) is 0 Å². The maximum atomic E-state index is 10.6. The Hall–Kier alpha value is -1.13. The Morgan fingerprint density at radius 2 is 2.38 bits per heavy atom. The van der Waals surface area contributed by atoms with Crippen LogP contribution in [0.4, 0.5) is 0 Å². The molecule has 1 fully saturated rings. The van der Waals surface area contributed by atoms with E-state index in [2.05, 4.69) is 16.8 Å². The molecular formula is C12H18N2O2. The van der Waals surface area contributed by atoms with E-state index >= 15 is 0 Å². The number of aromatic nitrogens is 1. The summed E-state index contributed by atoms with van der Waals surface area (Å²) in [5.41, 5.74) is -0.241. The van der Waals surface area contributed by atoms with Crippen molar-refractivity contribution < 1.29 is 9.84 Å². The van der Waals surface area contributed by atoms with Crippen molar-refractivity contribution in [1.82, 2.24) is 9.88 Å². The number of ether oxygens (including phenoxy) is 1. The number of rotatable bonds is 2. The molecule has 0 radical (unpaired) electrons. The first kappa shape index (κ1) is 11.4. The van der Waals surface area contributed by atoms with Crippen LogP contribution >= 0.6 is 0 Å². The van der Waals surface area contributed by atoms with Crippen LogP contribution in [0.25, 0.3) is 0 Å². The van der Waals surface area contributed by atoms with E-state index < -0.39 is 5.60 Å². The van der Waals surface area contributed by atoms with Gasteiger partial charge in [0.05, 0.1) is 7.11 Å². The Kier molecular flexibility index (Phi) is 2.86. The molecule has 1 aromatic heterocycles. The van der Waals surface area contributed by atoms with E-state index in [1.54, 1.807) is 13.3 Å². The second kappa shape index (κ2) is 4.03. The SMILES string of the molecule is COc1cccnc1C1(O)CC(C)N(C)C1. The van der Waals surface area contributed by atoms with Crippen molar-refractivity contribution in [3.8, 4) is 5.75 Å². The molecule has 0 spiro atoms. The van der Waals surface area contributed by atoms with Gasteiger partial charge in [-0.25, -0.2) is 0 Å². The number of aliphatic hydroxyl groups is 1. The number of methoxy groups -OCH3 is 1.